The maximum atomic E-state index is 11.6. The number of anilines is 1. The fourth-order valence-electron chi connectivity index (χ4n) is 1.20. The van der Waals surface area contributed by atoms with Crippen LogP contribution in [0.1, 0.15) is 16.8 Å². The number of methoxy groups -OCH3 is 1. The van der Waals surface area contributed by atoms with Gasteiger partial charge < -0.3 is 15.8 Å². The molecule has 1 amide bonds. The number of carbonyl (C=O) groups excluding carboxylic acids is 1. The zero-order valence-corrected chi connectivity index (χ0v) is 9.12. The Balaban J connectivity index is 2.73. The third-order valence-corrected chi connectivity index (χ3v) is 2.05. The lowest BCUT2D eigenvalue weighted by Gasteiger charge is -2.07. The van der Waals surface area contributed by atoms with E-state index in [1.54, 1.807) is 18.2 Å². The summed E-state index contributed by atoms with van der Waals surface area (Å²) in [5, 5.41) is 2.69. The Labute approximate surface area is 94.8 Å². The average molecular weight is 218 g/mol. The summed E-state index contributed by atoms with van der Waals surface area (Å²) in [5.41, 5.74) is 6.64. The van der Waals surface area contributed by atoms with Crippen LogP contribution < -0.4 is 15.8 Å². The van der Waals surface area contributed by atoms with Crippen LogP contribution in [0.2, 0.25) is 0 Å². The van der Waals surface area contributed by atoms with Crippen molar-refractivity contribution < 1.29 is 9.53 Å². The monoisotopic (exact) mass is 218 g/mol. The predicted octanol–water partition coefficient (Wildman–Crippen LogP) is 1.03. The molecule has 0 bridgehead atoms. The Kier molecular flexibility index (Phi) is 4.22. The molecule has 1 rings (SSSR count). The first kappa shape index (κ1) is 11.9. The summed E-state index contributed by atoms with van der Waals surface area (Å²) in [5.74, 6) is 2.75. The van der Waals surface area contributed by atoms with Crippen LogP contribution in [0.5, 0.6) is 5.75 Å². The number of nitrogens with two attached hydrogens (primary N) is 1. The van der Waals surface area contributed by atoms with Crippen LogP contribution in [0.25, 0.3) is 0 Å². The molecule has 1 aromatic rings. The lowest BCUT2D eigenvalue weighted by Crippen LogP contribution is -2.24. The number of ether oxygens (including phenoxy) is 1. The number of amides is 1. The van der Waals surface area contributed by atoms with Crippen LogP contribution in [-0.4, -0.2) is 19.6 Å². The molecule has 0 heterocycles. The van der Waals surface area contributed by atoms with Gasteiger partial charge in [0.1, 0.15) is 5.75 Å². The van der Waals surface area contributed by atoms with E-state index in [0.717, 1.165) is 0 Å². The Morgan fingerprint density at radius 3 is 3.00 bits per heavy atom. The molecule has 16 heavy (non-hydrogen) atoms. The lowest BCUT2D eigenvalue weighted by molar-refractivity contribution is 0.0954. The van der Waals surface area contributed by atoms with Gasteiger partial charge in [-0.25, -0.2) is 0 Å². The zero-order chi connectivity index (χ0) is 12.0. The summed E-state index contributed by atoms with van der Waals surface area (Å²) >= 11 is 0. The minimum Gasteiger partial charge on any atom is -0.495 e. The Hall–Kier alpha value is -2.15. The fraction of sp³-hybridized carbons (Fsp3) is 0.250. The van der Waals surface area contributed by atoms with Gasteiger partial charge in [-0.15, -0.1) is 12.3 Å². The molecule has 0 saturated carbocycles. The molecule has 0 saturated heterocycles. The SMILES string of the molecule is C#CCCNC(=O)c1ccc(N)c(OC)c1. The van der Waals surface area contributed by atoms with Crippen molar-refractivity contribution in [3.8, 4) is 18.1 Å². The normalized spacial score (nSPS) is 9.25. The number of terminal acetylenes is 1. The minimum atomic E-state index is -0.187. The first-order valence-corrected chi connectivity index (χ1v) is 4.84. The van der Waals surface area contributed by atoms with Crippen LogP contribution >= 0.6 is 0 Å². The van der Waals surface area contributed by atoms with Crippen LogP contribution in [0.3, 0.4) is 0 Å². The number of benzene rings is 1. The summed E-state index contributed by atoms with van der Waals surface area (Å²) in [6.45, 7) is 0.460. The van der Waals surface area contributed by atoms with E-state index in [1.807, 2.05) is 0 Å². The van der Waals surface area contributed by atoms with Gasteiger partial charge in [-0.1, -0.05) is 0 Å². The van der Waals surface area contributed by atoms with E-state index in [9.17, 15) is 4.79 Å². The second-order valence-corrected chi connectivity index (χ2v) is 3.17. The Morgan fingerprint density at radius 2 is 2.38 bits per heavy atom. The molecule has 0 radical (unpaired) electrons. The Morgan fingerprint density at radius 1 is 1.62 bits per heavy atom. The van der Waals surface area contributed by atoms with Crippen molar-refractivity contribution in [1.29, 1.82) is 0 Å². The molecule has 1 aromatic carbocycles. The third-order valence-electron chi connectivity index (χ3n) is 2.05. The molecule has 4 heteroatoms. The molecule has 0 spiro atoms. The minimum absolute atomic E-state index is 0.187. The number of rotatable bonds is 4. The van der Waals surface area contributed by atoms with Gasteiger partial charge in [-0.05, 0) is 18.2 Å². The number of carbonyl (C=O) groups is 1. The van der Waals surface area contributed by atoms with Crippen molar-refractivity contribution in [2.24, 2.45) is 0 Å². The molecule has 0 atom stereocenters. The maximum absolute atomic E-state index is 11.6. The van der Waals surface area contributed by atoms with E-state index >= 15 is 0 Å². The van der Waals surface area contributed by atoms with Gasteiger partial charge in [0, 0.05) is 18.5 Å². The summed E-state index contributed by atoms with van der Waals surface area (Å²) in [7, 11) is 1.51. The molecular formula is C12H14N2O2. The second-order valence-electron chi connectivity index (χ2n) is 3.17. The molecule has 0 unspecified atom stereocenters. The van der Waals surface area contributed by atoms with E-state index in [2.05, 4.69) is 11.2 Å². The van der Waals surface area contributed by atoms with Crippen molar-refractivity contribution in [3.05, 3.63) is 23.8 Å². The third kappa shape index (κ3) is 2.92. The van der Waals surface area contributed by atoms with Crippen LogP contribution in [0.15, 0.2) is 18.2 Å². The molecule has 0 aromatic heterocycles. The van der Waals surface area contributed by atoms with Gasteiger partial charge in [0.2, 0.25) is 0 Å². The highest BCUT2D eigenvalue weighted by Gasteiger charge is 2.07. The summed E-state index contributed by atoms with van der Waals surface area (Å²) < 4.78 is 5.02. The van der Waals surface area contributed by atoms with Gasteiger partial charge in [0.05, 0.1) is 12.8 Å². The van der Waals surface area contributed by atoms with Crippen molar-refractivity contribution >= 4 is 11.6 Å². The number of hydrogen-bond donors (Lipinski definition) is 2. The van der Waals surface area contributed by atoms with Crippen molar-refractivity contribution in [2.45, 2.75) is 6.42 Å². The Bertz CT molecular complexity index is 422. The van der Waals surface area contributed by atoms with Gasteiger partial charge in [0.15, 0.2) is 0 Å². The quantitative estimate of drug-likeness (QED) is 0.450. The average Bonchev–Trinajstić information content (AvgIpc) is 2.30. The van der Waals surface area contributed by atoms with Crippen LogP contribution in [0.4, 0.5) is 5.69 Å². The molecule has 4 nitrogen and oxygen atoms in total. The first-order chi connectivity index (χ1) is 7.69. The lowest BCUT2D eigenvalue weighted by atomic mass is 10.2. The van der Waals surface area contributed by atoms with Crippen LogP contribution in [0, 0.1) is 12.3 Å². The molecule has 0 aliphatic rings. The summed E-state index contributed by atoms with van der Waals surface area (Å²) in [6, 6.07) is 4.87. The van der Waals surface area contributed by atoms with Crippen molar-refractivity contribution in [1.82, 2.24) is 5.32 Å². The van der Waals surface area contributed by atoms with Gasteiger partial charge in [-0.3, -0.25) is 4.79 Å². The highest BCUT2D eigenvalue weighted by molar-refractivity contribution is 5.95. The molecular weight excluding hydrogens is 204 g/mol. The van der Waals surface area contributed by atoms with Crippen molar-refractivity contribution in [2.75, 3.05) is 19.4 Å². The van der Waals surface area contributed by atoms with E-state index in [4.69, 9.17) is 16.9 Å². The van der Waals surface area contributed by atoms with Gasteiger partial charge >= 0.3 is 0 Å². The predicted molar refractivity (Wildman–Crippen MR) is 63.2 cm³/mol. The maximum Gasteiger partial charge on any atom is 0.251 e. The van der Waals surface area contributed by atoms with Crippen LogP contribution in [-0.2, 0) is 0 Å². The van der Waals surface area contributed by atoms with E-state index in [1.165, 1.54) is 7.11 Å². The van der Waals surface area contributed by atoms with Crippen molar-refractivity contribution in [3.63, 3.8) is 0 Å². The van der Waals surface area contributed by atoms with Gasteiger partial charge in [0.25, 0.3) is 5.91 Å². The molecule has 0 aliphatic carbocycles. The molecule has 84 valence electrons. The van der Waals surface area contributed by atoms with E-state index in [0.29, 0.717) is 30.0 Å². The standard InChI is InChI=1S/C12H14N2O2/c1-3-4-7-14-12(15)9-5-6-10(13)11(8-9)16-2/h1,5-6,8H,4,7,13H2,2H3,(H,14,15). The topological polar surface area (TPSA) is 64.4 Å². The number of hydrogen-bond acceptors (Lipinski definition) is 3. The second kappa shape index (κ2) is 5.66. The summed E-state index contributed by atoms with van der Waals surface area (Å²) in [4.78, 5) is 11.6. The highest BCUT2D eigenvalue weighted by Crippen LogP contribution is 2.21. The van der Waals surface area contributed by atoms with E-state index < -0.39 is 0 Å². The first-order valence-electron chi connectivity index (χ1n) is 4.84. The smallest absolute Gasteiger partial charge is 0.251 e. The fourth-order valence-corrected chi connectivity index (χ4v) is 1.20. The number of nitrogens with one attached hydrogen (secondary N) is 1. The summed E-state index contributed by atoms with van der Waals surface area (Å²) in [6.07, 6.45) is 5.59. The highest BCUT2D eigenvalue weighted by atomic mass is 16.5. The largest absolute Gasteiger partial charge is 0.495 e. The molecule has 0 fully saturated rings. The zero-order valence-electron chi connectivity index (χ0n) is 9.12. The molecule has 3 N–H and O–H groups in total. The number of nitrogen functional groups attached to an aromatic ring is 1. The van der Waals surface area contributed by atoms with E-state index in [-0.39, 0.29) is 5.91 Å². The molecule has 0 aliphatic heterocycles. The van der Waals surface area contributed by atoms with Gasteiger partial charge in [-0.2, -0.15) is 0 Å².